The van der Waals surface area contributed by atoms with E-state index in [4.69, 9.17) is 0 Å². The van der Waals surface area contributed by atoms with Gasteiger partial charge in [0.1, 0.15) is 0 Å². The van der Waals surface area contributed by atoms with Gasteiger partial charge in [0, 0.05) is 12.1 Å². The molecule has 5 heteroatoms. The Bertz CT molecular complexity index is 841. The van der Waals surface area contributed by atoms with Crippen LogP contribution in [0.15, 0.2) is 48.5 Å². The van der Waals surface area contributed by atoms with Gasteiger partial charge in [0.15, 0.2) is 0 Å². The Morgan fingerprint density at radius 1 is 1.00 bits per heavy atom. The predicted octanol–water partition coefficient (Wildman–Crippen LogP) is 4.07. The first-order valence-corrected chi connectivity index (χ1v) is 10.4. The van der Waals surface area contributed by atoms with Crippen molar-refractivity contribution in [3.05, 3.63) is 65.2 Å². The number of benzene rings is 2. The number of carbonyl (C=O) groups excluding carboxylic acids is 2. The topological polar surface area (TPSA) is 70.2 Å². The summed E-state index contributed by atoms with van der Waals surface area (Å²) in [5, 5.41) is 9.08. The third kappa shape index (κ3) is 6.43. The lowest BCUT2D eigenvalue weighted by atomic mass is 10.00. The van der Waals surface area contributed by atoms with E-state index in [1.165, 1.54) is 5.56 Å². The van der Waals surface area contributed by atoms with Crippen LogP contribution < -0.4 is 16.0 Å². The highest BCUT2D eigenvalue weighted by Crippen LogP contribution is 2.21. The molecule has 0 aromatic heterocycles. The van der Waals surface area contributed by atoms with Crippen LogP contribution >= 0.6 is 0 Å². The number of rotatable bonds is 9. The Hall–Kier alpha value is -2.66. The van der Waals surface area contributed by atoms with E-state index >= 15 is 0 Å². The molecular formula is C24H31N3O2. The van der Waals surface area contributed by atoms with E-state index in [1.807, 2.05) is 13.0 Å². The smallest absolute Gasteiger partial charge is 0.253 e. The molecule has 0 bridgehead atoms. The van der Waals surface area contributed by atoms with Gasteiger partial charge in [-0.05, 0) is 55.4 Å². The molecule has 2 aromatic rings. The molecule has 0 aliphatic heterocycles. The summed E-state index contributed by atoms with van der Waals surface area (Å²) in [5.41, 5.74) is 3.52. The third-order valence-corrected chi connectivity index (χ3v) is 5.05. The van der Waals surface area contributed by atoms with Gasteiger partial charge in [-0.25, -0.2) is 0 Å². The minimum absolute atomic E-state index is 0.0576. The van der Waals surface area contributed by atoms with E-state index in [0.717, 1.165) is 24.8 Å². The first-order chi connectivity index (χ1) is 13.9. The third-order valence-electron chi connectivity index (χ3n) is 5.05. The fourth-order valence-electron chi connectivity index (χ4n) is 3.25. The molecule has 5 nitrogen and oxygen atoms in total. The van der Waals surface area contributed by atoms with Crippen molar-refractivity contribution in [2.24, 2.45) is 5.92 Å². The fraction of sp³-hybridized carbons (Fsp3) is 0.417. The number of nitrogens with one attached hydrogen (secondary N) is 3. The Labute approximate surface area is 173 Å². The van der Waals surface area contributed by atoms with Crippen molar-refractivity contribution in [1.29, 1.82) is 0 Å². The van der Waals surface area contributed by atoms with Gasteiger partial charge in [-0.3, -0.25) is 9.59 Å². The quantitative estimate of drug-likeness (QED) is 0.601. The van der Waals surface area contributed by atoms with E-state index in [-0.39, 0.29) is 30.4 Å². The highest BCUT2D eigenvalue weighted by Gasteiger charge is 2.25. The summed E-state index contributed by atoms with van der Waals surface area (Å²) in [6.07, 6.45) is 3.12. The molecular weight excluding hydrogens is 362 g/mol. The average Bonchev–Trinajstić information content (AvgIpc) is 3.50. The van der Waals surface area contributed by atoms with Crippen molar-refractivity contribution in [3.63, 3.8) is 0 Å². The van der Waals surface area contributed by atoms with Gasteiger partial charge >= 0.3 is 0 Å². The van der Waals surface area contributed by atoms with Gasteiger partial charge < -0.3 is 16.0 Å². The Kier molecular flexibility index (Phi) is 7.04. The molecule has 3 N–H and O–H groups in total. The number of hydrogen-bond donors (Lipinski definition) is 3. The molecule has 0 saturated heterocycles. The number of hydrogen-bond acceptors (Lipinski definition) is 3. The molecule has 1 saturated carbocycles. The molecule has 0 radical (unpaired) electrons. The van der Waals surface area contributed by atoms with Crippen LogP contribution in [0.25, 0.3) is 0 Å². The van der Waals surface area contributed by atoms with E-state index in [9.17, 15) is 9.59 Å². The molecule has 1 fully saturated rings. The van der Waals surface area contributed by atoms with Crippen molar-refractivity contribution in [2.75, 3.05) is 11.9 Å². The van der Waals surface area contributed by atoms with Crippen LogP contribution in [-0.4, -0.2) is 24.4 Å². The predicted molar refractivity (Wildman–Crippen MR) is 117 cm³/mol. The number of amides is 2. The van der Waals surface area contributed by atoms with Crippen LogP contribution in [0, 0.1) is 5.92 Å². The zero-order valence-corrected chi connectivity index (χ0v) is 17.5. The SMILES string of the molecule is CC(C)Cc1ccc([C@H](C)NCC(=O)Nc2ccccc2C(=O)NC2CC2)cc1. The Balaban J connectivity index is 1.52. The van der Waals surface area contributed by atoms with E-state index < -0.39 is 0 Å². The van der Waals surface area contributed by atoms with Crippen LogP contribution in [0.5, 0.6) is 0 Å². The second-order valence-corrected chi connectivity index (χ2v) is 8.28. The maximum atomic E-state index is 12.4. The first-order valence-electron chi connectivity index (χ1n) is 10.4. The Morgan fingerprint density at radius 3 is 2.34 bits per heavy atom. The normalized spacial score (nSPS) is 14.5. The first kappa shape index (κ1) is 21.1. The van der Waals surface area contributed by atoms with Crippen molar-refractivity contribution in [2.45, 2.75) is 52.1 Å². The van der Waals surface area contributed by atoms with Crippen LogP contribution in [0.2, 0.25) is 0 Å². The van der Waals surface area contributed by atoms with Crippen molar-refractivity contribution in [3.8, 4) is 0 Å². The molecule has 29 heavy (non-hydrogen) atoms. The zero-order valence-electron chi connectivity index (χ0n) is 17.5. The average molecular weight is 394 g/mol. The minimum Gasteiger partial charge on any atom is -0.349 e. The molecule has 2 aromatic carbocycles. The van der Waals surface area contributed by atoms with Crippen LogP contribution in [-0.2, 0) is 11.2 Å². The van der Waals surface area contributed by atoms with Gasteiger partial charge in [-0.2, -0.15) is 0 Å². The molecule has 2 amide bonds. The van der Waals surface area contributed by atoms with Gasteiger partial charge in [0.05, 0.1) is 17.8 Å². The summed E-state index contributed by atoms with van der Waals surface area (Å²) in [5.74, 6) is 0.334. The zero-order chi connectivity index (χ0) is 20.8. The van der Waals surface area contributed by atoms with Crippen LogP contribution in [0.3, 0.4) is 0 Å². The minimum atomic E-state index is -0.167. The Morgan fingerprint density at radius 2 is 1.69 bits per heavy atom. The maximum absolute atomic E-state index is 12.4. The summed E-state index contributed by atoms with van der Waals surface area (Å²) in [7, 11) is 0. The number of anilines is 1. The molecule has 1 aliphatic rings. The summed E-state index contributed by atoms with van der Waals surface area (Å²) < 4.78 is 0. The highest BCUT2D eigenvalue weighted by molar-refractivity contribution is 6.04. The van der Waals surface area contributed by atoms with E-state index in [2.05, 4.69) is 54.1 Å². The summed E-state index contributed by atoms with van der Waals surface area (Å²) >= 11 is 0. The molecule has 154 valence electrons. The molecule has 0 heterocycles. The molecule has 0 unspecified atom stereocenters. The number of carbonyl (C=O) groups is 2. The molecule has 1 aliphatic carbocycles. The lowest BCUT2D eigenvalue weighted by Crippen LogP contribution is -2.31. The van der Waals surface area contributed by atoms with E-state index in [0.29, 0.717) is 17.2 Å². The molecule has 1 atom stereocenters. The van der Waals surface area contributed by atoms with E-state index in [1.54, 1.807) is 18.2 Å². The van der Waals surface area contributed by atoms with Crippen molar-refractivity contribution in [1.82, 2.24) is 10.6 Å². The summed E-state index contributed by atoms with van der Waals surface area (Å²) in [6, 6.07) is 16.0. The largest absolute Gasteiger partial charge is 0.349 e. The van der Waals surface area contributed by atoms with Gasteiger partial charge in [-0.15, -0.1) is 0 Å². The molecule has 3 rings (SSSR count). The maximum Gasteiger partial charge on any atom is 0.253 e. The van der Waals surface area contributed by atoms with Crippen molar-refractivity contribution < 1.29 is 9.59 Å². The van der Waals surface area contributed by atoms with Gasteiger partial charge in [-0.1, -0.05) is 50.2 Å². The van der Waals surface area contributed by atoms with Gasteiger partial charge in [0.2, 0.25) is 5.91 Å². The monoisotopic (exact) mass is 393 g/mol. The molecule has 0 spiro atoms. The highest BCUT2D eigenvalue weighted by atomic mass is 16.2. The second kappa shape index (κ2) is 9.70. The van der Waals surface area contributed by atoms with Crippen molar-refractivity contribution >= 4 is 17.5 Å². The lowest BCUT2D eigenvalue weighted by Gasteiger charge is -2.16. The fourth-order valence-corrected chi connectivity index (χ4v) is 3.25. The second-order valence-electron chi connectivity index (χ2n) is 8.28. The van der Waals surface area contributed by atoms with Gasteiger partial charge in [0.25, 0.3) is 5.91 Å². The lowest BCUT2D eigenvalue weighted by molar-refractivity contribution is -0.115. The van der Waals surface area contributed by atoms with Crippen LogP contribution in [0.4, 0.5) is 5.69 Å². The standard InChI is InChI=1S/C24H31N3O2/c1-16(2)14-18-8-10-19(11-9-18)17(3)25-15-23(28)27-22-7-5-4-6-21(22)24(29)26-20-12-13-20/h4-11,16-17,20,25H,12-15H2,1-3H3,(H,26,29)(H,27,28)/t17-/m0/s1. The summed E-state index contributed by atoms with van der Waals surface area (Å²) in [6.45, 7) is 6.64. The van der Waals surface area contributed by atoms with Crippen LogP contribution in [0.1, 0.15) is 61.1 Å². The summed E-state index contributed by atoms with van der Waals surface area (Å²) in [4.78, 5) is 24.8. The number of para-hydroxylation sites is 1.